The Morgan fingerprint density at radius 3 is 2.39 bits per heavy atom. The van der Waals surface area contributed by atoms with Gasteiger partial charge in [0.1, 0.15) is 11.4 Å². The lowest BCUT2D eigenvalue weighted by atomic mass is 9.93. The minimum Gasteiger partial charge on any atom is -0.350 e. The molecule has 0 aliphatic carbocycles. The molecule has 1 aliphatic heterocycles. The van der Waals surface area contributed by atoms with Crippen LogP contribution in [0.15, 0.2) is 42.5 Å². The Kier molecular flexibility index (Phi) is 6.20. The van der Waals surface area contributed by atoms with Gasteiger partial charge in [-0.2, -0.15) is 4.31 Å². The van der Waals surface area contributed by atoms with E-state index in [0.717, 1.165) is 21.7 Å². The van der Waals surface area contributed by atoms with Crippen molar-refractivity contribution in [2.45, 2.75) is 32.9 Å². The van der Waals surface area contributed by atoms with Crippen molar-refractivity contribution in [1.29, 1.82) is 0 Å². The molecular formula is C22H26FN3O4S. The molecule has 0 saturated carbocycles. The van der Waals surface area contributed by atoms with Gasteiger partial charge in [0, 0.05) is 18.8 Å². The van der Waals surface area contributed by atoms with Crippen LogP contribution in [0.5, 0.6) is 0 Å². The summed E-state index contributed by atoms with van der Waals surface area (Å²) in [5.41, 5.74) is 1.27. The number of sulfonamides is 1. The second kappa shape index (κ2) is 8.39. The number of carbonyl (C=O) groups is 2. The van der Waals surface area contributed by atoms with Crippen LogP contribution in [0, 0.1) is 19.7 Å². The number of benzene rings is 2. The highest BCUT2D eigenvalue weighted by Gasteiger charge is 2.50. The van der Waals surface area contributed by atoms with Crippen molar-refractivity contribution in [2.75, 3.05) is 24.2 Å². The number of rotatable bonds is 5. The molecule has 9 heteroatoms. The standard InChI is InChI=1S/C22H26FN3O4S/c1-15-5-7-17(8-6-15)12-24-21(28)22(3)14-25(31(4,29)30)13-20(27)26(22)19-10-9-18(23)11-16(19)2/h5-11H,12-14H2,1-4H3,(H,24,28). The van der Waals surface area contributed by atoms with Gasteiger partial charge < -0.3 is 5.32 Å². The molecule has 0 radical (unpaired) electrons. The monoisotopic (exact) mass is 447 g/mol. The highest BCUT2D eigenvalue weighted by molar-refractivity contribution is 7.88. The number of halogens is 1. The Morgan fingerprint density at radius 2 is 1.81 bits per heavy atom. The number of nitrogens with one attached hydrogen (secondary N) is 1. The van der Waals surface area contributed by atoms with Gasteiger partial charge in [-0.3, -0.25) is 14.5 Å². The van der Waals surface area contributed by atoms with Crippen LogP contribution in [-0.2, 0) is 26.2 Å². The third kappa shape index (κ3) is 4.77. The normalized spacial score (nSPS) is 20.0. The van der Waals surface area contributed by atoms with Crippen molar-refractivity contribution >= 4 is 27.5 Å². The van der Waals surface area contributed by atoms with Crippen LogP contribution >= 0.6 is 0 Å². The van der Waals surface area contributed by atoms with E-state index < -0.39 is 39.7 Å². The molecule has 0 aromatic heterocycles. The highest BCUT2D eigenvalue weighted by Crippen LogP contribution is 2.33. The lowest BCUT2D eigenvalue weighted by Gasteiger charge is -2.46. The van der Waals surface area contributed by atoms with Crippen molar-refractivity contribution < 1.29 is 22.4 Å². The van der Waals surface area contributed by atoms with Crippen LogP contribution in [0.3, 0.4) is 0 Å². The van der Waals surface area contributed by atoms with Crippen LogP contribution in [0.2, 0.25) is 0 Å². The van der Waals surface area contributed by atoms with Gasteiger partial charge in [-0.05, 0) is 50.1 Å². The zero-order valence-corrected chi connectivity index (χ0v) is 18.8. The maximum atomic E-state index is 13.6. The molecule has 0 spiro atoms. The minimum atomic E-state index is -3.71. The molecule has 1 atom stereocenters. The van der Waals surface area contributed by atoms with Crippen molar-refractivity contribution in [3.8, 4) is 0 Å². The third-order valence-electron chi connectivity index (χ3n) is 5.47. The number of hydrogen-bond acceptors (Lipinski definition) is 4. The Hall–Kier alpha value is -2.78. The Labute approximate surface area is 181 Å². The van der Waals surface area contributed by atoms with Gasteiger partial charge in [0.2, 0.25) is 21.8 Å². The van der Waals surface area contributed by atoms with Gasteiger partial charge in [0.25, 0.3) is 0 Å². The average molecular weight is 448 g/mol. The van der Waals surface area contributed by atoms with Crippen molar-refractivity contribution in [1.82, 2.24) is 9.62 Å². The van der Waals surface area contributed by atoms with Crippen molar-refractivity contribution in [2.24, 2.45) is 0 Å². The van der Waals surface area contributed by atoms with E-state index in [9.17, 15) is 22.4 Å². The fourth-order valence-corrected chi connectivity index (χ4v) is 4.55. The summed E-state index contributed by atoms with van der Waals surface area (Å²) >= 11 is 0. The van der Waals surface area contributed by atoms with E-state index in [-0.39, 0.29) is 13.1 Å². The largest absolute Gasteiger partial charge is 0.350 e. The number of carbonyl (C=O) groups excluding carboxylic acids is 2. The molecule has 0 bridgehead atoms. The molecule has 7 nitrogen and oxygen atoms in total. The highest BCUT2D eigenvalue weighted by atomic mass is 32.2. The molecule has 1 unspecified atom stereocenters. The van der Waals surface area contributed by atoms with E-state index in [1.807, 2.05) is 31.2 Å². The predicted octanol–water partition coefficient (Wildman–Crippen LogP) is 2.13. The molecule has 1 fully saturated rings. The number of nitrogens with zero attached hydrogens (tertiary/aromatic N) is 2. The van der Waals surface area contributed by atoms with E-state index >= 15 is 0 Å². The van der Waals surface area contributed by atoms with Crippen LogP contribution < -0.4 is 10.2 Å². The van der Waals surface area contributed by atoms with Gasteiger partial charge in [-0.25, -0.2) is 12.8 Å². The molecule has 166 valence electrons. The number of aryl methyl sites for hydroxylation is 2. The first-order valence-corrected chi connectivity index (χ1v) is 11.6. The molecule has 1 saturated heterocycles. The first kappa shape index (κ1) is 22.9. The van der Waals surface area contributed by atoms with Gasteiger partial charge in [-0.15, -0.1) is 0 Å². The molecule has 31 heavy (non-hydrogen) atoms. The van der Waals surface area contributed by atoms with Crippen LogP contribution in [0.1, 0.15) is 23.6 Å². The fourth-order valence-electron chi connectivity index (χ4n) is 3.72. The Bertz CT molecular complexity index is 1120. The minimum absolute atomic E-state index is 0.214. The van der Waals surface area contributed by atoms with E-state index in [2.05, 4.69) is 5.32 Å². The maximum Gasteiger partial charge on any atom is 0.247 e. The predicted molar refractivity (Wildman–Crippen MR) is 116 cm³/mol. The summed E-state index contributed by atoms with van der Waals surface area (Å²) < 4.78 is 39.0. The zero-order valence-electron chi connectivity index (χ0n) is 18.0. The van der Waals surface area contributed by atoms with Crippen molar-refractivity contribution in [3.63, 3.8) is 0 Å². The van der Waals surface area contributed by atoms with Crippen LogP contribution in [0.4, 0.5) is 10.1 Å². The summed E-state index contributed by atoms with van der Waals surface area (Å²) in [5, 5.41) is 2.82. The molecular weight excluding hydrogens is 421 g/mol. The lowest BCUT2D eigenvalue weighted by molar-refractivity contribution is -0.133. The fraction of sp³-hybridized carbons (Fsp3) is 0.364. The topological polar surface area (TPSA) is 86.8 Å². The smallest absolute Gasteiger partial charge is 0.247 e. The maximum absolute atomic E-state index is 13.6. The van der Waals surface area contributed by atoms with Gasteiger partial charge in [-0.1, -0.05) is 29.8 Å². The molecule has 2 aromatic rings. The van der Waals surface area contributed by atoms with Gasteiger partial charge in [0.15, 0.2) is 0 Å². The average Bonchev–Trinajstić information content (AvgIpc) is 2.67. The first-order chi connectivity index (χ1) is 14.4. The number of piperazine rings is 1. The van der Waals surface area contributed by atoms with E-state index in [1.54, 1.807) is 6.92 Å². The molecule has 1 heterocycles. The van der Waals surface area contributed by atoms with E-state index in [1.165, 1.54) is 30.0 Å². The Balaban J connectivity index is 1.98. The van der Waals surface area contributed by atoms with Gasteiger partial charge >= 0.3 is 0 Å². The zero-order chi connectivity index (χ0) is 23.0. The summed E-state index contributed by atoms with van der Waals surface area (Å²) in [6, 6.07) is 11.5. The molecule has 1 N–H and O–H groups in total. The molecule has 1 aliphatic rings. The number of anilines is 1. The third-order valence-corrected chi connectivity index (χ3v) is 6.67. The van der Waals surface area contributed by atoms with Gasteiger partial charge in [0.05, 0.1) is 12.8 Å². The Morgan fingerprint density at radius 1 is 1.16 bits per heavy atom. The lowest BCUT2D eigenvalue weighted by Crippen LogP contribution is -2.70. The summed E-state index contributed by atoms with van der Waals surface area (Å²) in [4.78, 5) is 27.7. The molecule has 2 amide bonds. The SMILES string of the molecule is Cc1ccc(CNC(=O)C2(C)CN(S(C)(=O)=O)CC(=O)N2c2ccc(F)cc2C)cc1. The van der Waals surface area contributed by atoms with E-state index in [4.69, 9.17) is 0 Å². The van der Waals surface area contributed by atoms with Crippen LogP contribution in [0.25, 0.3) is 0 Å². The van der Waals surface area contributed by atoms with Crippen molar-refractivity contribution in [3.05, 3.63) is 65.0 Å². The quantitative estimate of drug-likeness (QED) is 0.761. The summed E-state index contributed by atoms with van der Waals surface area (Å²) in [6.45, 7) is 4.73. The van der Waals surface area contributed by atoms with Crippen LogP contribution in [-0.4, -0.2) is 49.4 Å². The second-order valence-electron chi connectivity index (χ2n) is 8.13. The van der Waals surface area contributed by atoms with E-state index in [0.29, 0.717) is 11.3 Å². The first-order valence-electron chi connectivity index (χ1n) is 9.80. The molecule has 3 rings (SSSR count). The summed E-state index contributed by atoms with van der Waals surface area (Å²) in [6.07, 6.45) is 1.00. The summed E-state index contributed by atoms with van der Waals surface area (Å²) in [5.74, 6) is -1.52. The number of hydrogen-bond donors (Lipinski definition) is 1. The second-order valence-corrected chi connectivity index (χ2v) is 10.1. The molecule has 2 aromatic carbocycles. The summed E-state index contributed by atoms with van der Waals surface area (Å²) in [7, 11) is -3.71. The number of amides is 2.